The van der Waals surface area contributed by atoms with E-state index >= 15 is 0 Å². The van der Waals surface area contributed by atoms with Crippen LogP contribution in [0.5, 0.6) is 0 Å². The van der Waals surface area contributed by atoms with Crippen molar-refractivity contribution in [2.75, 3.05) is 4.90 Å². The van der Waals surface area contributed by atoms with E-state index in [0.29, 0.717) is 0 Å². The van der Waals surface area contributed by atoms with E-state index in [1.54, 1.807) is 0 Å². The zero-order chi connectivity index (χ0) is 31.5. The fraction of sp³-hybridized carbons (Fsp3) is 0.0455. The number of aromatic nitrogens is 2. The third-order valence-electron chi connectivity index (χ3n) is 9.37. The number of anilines is 3. The van der Waals surface area contributed by atoms with Crippen molar-refractivity contribution in [3.05, 3.63) is 175 Å². The standard InChI is InChI=1S/C44H33N3/c1-30-24-26-37-35(28-30)43-39(45(37)32-14-6-3-7-15-32)20-12-22-41(43)47(34-18-10-5-11-19-34)42-23-13-21-40-44(42)36-29-31(2)25-27-38(36)46(40)33-16-8-4-9-17-33/h3-29H,1-2H3. The Balaban J connectivity index is 1.43. The molecule has 0 bridgehead atoms. The third-order valence-corrected chi connectivity index (χ3v) is 9.37. The molecule has 0 aliphatic carbocycles. The topological polar surface area (TPSA) is 13.1 Å². The zero-order valence-electron chi connectivity index (χ0n) is 26.4. The maximum absolute atomic E-state index is 2.47. The molecule has 0 amide bonds. The van der Waals surface area contributed by atoms with Crippen LogP contribution in [-0.2, 0) is 0 Å². The van der Waals surface area contributed by atoms with Crippen LogP contribution in [0.2, 0.25) is 0 Å². The van der Waals surface area contributed by atoms with Gasteiger partial charge in [-0.3, -0.25) is 0 Å². The van der Waals surface area contributed by atoms with Crippen LogP contribution in [0.25, 0.3) is 55.0 Å². The predicted molar refractivity (Wildman–Crippen MR) is 199 cm³/mol. The Labute approximate surface area is 274 Å². The van der Waals surface area contributed by atoms with Crippen molar-refractivity contribution in [3.8, 4) is 11.4 Å². The molecular weight excluding hydrogens is 571 g/mol. The Morgan fingerprint density at radius 2 is 0.809 bits per heavy atom. The Morgan fingerprint density at radius 1 is 0.383 bits per heavy atom. The molecule has 0 saturated carbocycles. The molecule has 0 spiro atoms. The summed E-state index contributed by atoms with van der Waals surface area (Å²) in [5, 5.41) is 4.96. The molecule has 47 heavy (non-hydrogen) atoms. The van der Waals surface area contributed by atoms with Gasteiger partial charge in [0, 0.05) is 38.6 Å². The van der Waals surface area contributed by atoms with Gasteiger partial charge >= 0.3 is 0 Å². The number of aryl methyl sites for hydroxylation is 2. The Kier molecular flexibility index (Phi) is 6.26. The minimum atomic E-state index is 1.12. The highest BCUT2D eigenvalue weighted by Gasteiger charge is 2.24. The number of fused-ring (bicyclic) bond motifs is 6. The van der Waals surface area contributed by atoms with Gasteiger partial charge in [0.05, 0.1) is 33.4 Å². The van der Waals surface area contributed by atoms with E-state index in [2.05, 4.69) is 192 Å². The molecule has 224 valence electrons. The fourth-order valence-electron chi connectivity index (χ4n) is 7.40. The van der Waals surface area contributed by atoms with Gasteiger partial charge in [0.15, 0.2) is 0 Å². The van der Waals surface area contributed by atoms with Gasteiger partial charge in [-0.2, -0.15) is 0 Å². The molecule has 9 aromatic rings. The van der Waals surface area contributed by atoms with Crippen LogP contribution in [-0.4, -0.2) is 9.13 Å². The van der Waals surface area contributed by atoms with Crippen LogP contribution < -0.4 is 4.90 Å². The highest BCUT2D eigenvalue weighted by Crippen LogP contribution is 2.47. The highest BCUT2D eigenvalue weighted by atomic mass is 15.2. The van der Waals surface area contributed by atoms with E-state index in [-0.39, 0.29) is 0 Å². The molecule has 2 heterocycles. The van der Waals surface area contributed by atoms with Gasteiger partial charge in [-0.25, -0.2) is 0 Å². The number of rotatable bonds is 5. The lowest BCUT2D eigenvalue weighted by Gasteiger charge is -2.27. The maximum atomic E-state index is 2.47. The molecule has 0 fully saturated rings. The molecule has 0 saturated heterocycles. The van der Waals surface area contributed by atoms with Crippen LogP contribution in [0.4, 0.5) is 17.1 Å². The number of hydrogen-bond donors (Lipinski definition) is 0. The zero-order valence-corrected chi connectivity index (χ0v) is 26.4. The molecule has 2 aromatic heterocycles. The average Bonchev–Trinajstić information content (AvgIpc) is 3.62. The monoisotopic (exact) mass is 603 g/mol. The number of benzene rings is 7. The van der Waals surface area contributed by atoms with Gasteiger partial charge in [-0.15, -0.1) is 0 Å². The normalized spacial score (nSPS) is 11.6. The van der Waals surface area contributed by atoms with Gasteiger partial charge in [-0.1, -0.05) is 90.0 Å². The minimum absolute atomic E-state index is 1.12. The van der Waals surface area contributed by atoms with Crippen molar-refractivity contribution in [3.63, 3.8) is 0 Å². The van der Waals surface area contributed by atoms with Gasteiger partial charge in [-0.05, 0) is 98.8 Å². The van der Waals surface area contributed by atoms with E-state index in [4.69, 9.17) is 0 Å². The summed E-state index contributed by atoms with van der Waals surface area (Å²) in [4.78, 5) is 2.47. The average molecular weight is 604 g/mol. The van der Waals surface area contributed by atoms with Crippen LogP contribution in [0, 0.1) is 13.8 Å². The van der Waals surface area contributed by atoms with Crippen molar-refractivity contribution >= 4 is 60.7 Å². The van der Waals surface area contributed by atoms with Crippen molar-refractivity contribution in [1.29, 1.82) is 0 Å². The first-order valence-electron chi connectivity index (χ1n) is 16.2. The van der Waals surface area contributed by atoms with Crippen molar-refractivity contribution in [2.45, 2.75) is 13.8 Å². The van der Waals surface area contributed by atoms with Crippen LogP contribution in [0.15, 0.2) is 164 Å². The van der Waals surface area contributed by atoms with E-state index in [9.17, 15) is 0 Å². The predicted octanol–water partition coefficient (Wildman–Crippen LogP) is 12.0. The maximum Gasteiger partial charge on any atom is 0.0562 e. The molecule has 0 unspecified atom stereocenters. The summed E-state index contributed by atoms with van der Waals surface area (Å²) < 4.78 is 4.81. The Morgan fingerprint density at radius 3 is 1.26 bits per heavy atom. The highest BCUT2D eigenvalue weighted by molar-refractivity contribution is 6.20. The second-order valence-corrected chi connectivity index (χ2v) is 12.4. The molecule has 0 N–H and O–H groups in total. The number of nitrogens with zero attached hydrogens (tertiary/aromatic N) is 3. The molecule has 7 aromatic carbocycles. The van der Waals surface area contributed by atoms with Crippen molar-refractivity contribution in [1.82, 2.24) is 9.13 Å². The van der Waals surface area contributed by atoms with Crippen molar-refractivity contribution < 1.29 is 0 Å². The lowest BCUT2D eigenvalue weighted by Crippen LogP contribution is -2.11. The smallest absolute Gasteiger partial charge is 0.0562 e. The SMILES string of the molecule is Cc1ccc2c(c1)c1c(N(c3ccccc3)c3cccc4c3c3cc(C)ccc3n4-c3ccccc3)cccc1n2-c1ccccc1. The quantitative estimate of drug-likeness (QED) is 0.191. The van der Waals surface area contributed by atoms with Gasteiger partial charge in [0.1, 0.15) is 0 Å². The first-order valence-corrected chi connectivity index (χ1v) is 16.2. The summed E-state index contributed by atoms with van der Waals surface area (Å²) in [5.41, 5.74) is 13.0. The van der Waals surface area contributed by atoms with Gasteiger partial charge < -0.3 is 14.0 Å². The summed E-state index contributed by atoms with van der Waals surface area (Å²) in [6.45, 7) is 4.37. The summed E-state index contributed by atoms with van der Waals surface area (Å²) in [6, 6.07) is 59.4. The van der Waals surface area contributed by atoms with Crippen molar-refractivity contribution in [2.24, 2.45) is 0 Å². The van der Waals surface area contributed by atoms with Gasteiger partial charge in [0.25, 0.3) is 0 Å². The summed E-state index contributed by atoms with van der Waals surface area (Å²) in [6.07, 6.45) is 0. The number of para-hydroxylation sites is 3. The lowest BCUT2D eigenvalue weighted by atomic mass is 10.0. The molecular formula is C44H33N3. The van der Waals surface area contributed by atoms with E-state index in [1.807, 2.05) is 0 Å². The van der Waals surface area contributed by atoms with E-state index < -0.39 is 0 Å². The summed E-state index contributed by atoms with van der Waals surface area (Å²) in [5.74, 6) is 0. The van der Waals surface area contributed by atoms with Crippen LogP contribution >= 0.6 is 0 Å². The minimum Gasteiger partial charge on any atom is -0.309 e. The van der Waals surface area contributed by atoms with Crippen LogP contribution in [0.1, 0.15) is 11.1 Å². The first kappa shape index (κ1) is 27.3. The van der Waals surface area contributed by atoms with E-state index in [1.165, 1.54) is 54.7 Å². The van der Waals surface area contributed by atoms with Crippen LogP contribution in [0.3, 0.4) is 0 Å². The molecule has 0 aliphatic heterocycles. The molecule has 0 aliphatic rings. The Bertz CT molecular complexity index is 2410. The Hall–Kier alpha value is -6.06. The molecule has 3 nitrogen and oxygen atoms in total. The second kappa shape index (κ2) is 10.8. The first-order chi connectivity index (χ1) is 23.2. The molecule has 3 heteroatoms. The van der Waals surface area contributed by atoms with Gasteiger partial charge in [0.2, 0.25) is 0 Å². The molecule has 9 rings (SSSR count). The molecule has 0 atom stereocenters. The number of hydrogen-bond acceptors (Lipinski definition) is 1. The third kappa shape index (κ3) is 4.28. The molecule has 0 radical (unpaired) electrons. The summed E-state index contributed by atoms with van der Waals surface area (Å²) >= 11 is 0. The lowest BCUT2D eigenvalue weighted by molar-refractivity contribution is 1.18. The summed E-state index contributed by atoms with van der Waals surface area (Å²) in [7, 11) is 0. The second-order valence-electron chi connectivity index (χ2n) is 12.4. The largest absolute Gasteiger partial charge is 0.309 e. The van der Waals surface area contributed by atoms with E-state index in [0.717, 1.165) is 28.4 Å². The fourth-order valence-corrected chi connectivity index (χ4v) is 7.40.